The highest BCUT2D eigenvalue weighted by molar-refractivity contribution is 5.73. The van der Waals surface area contributed by atoms with Crippen molar-refractivity contribution in [2.75, 3.05) is 7.11 Å². The molecule has 0 saturated carbocycles. The maximum absolute atomic E-state index is 13.2. The number of ether oxygens (including phenoxy) is 1. The number of rotatable bonds is 2. The van der Waals surface area contributed by atoms with Crippen molar-refractivity contribution in [2.24, 2.45) is 0 Å². The number of halogens is 2. The van der Waals surface area contributed by atoms with E-state index in [2.05, 4.69) is 0 Å². The minimum atomic E-state index is -0.674. The van der Waals surface area contributed by atoms with Gasteiger partial charge in [-0.15, -0.1) is 0 Å². The number of hydrogen-bond acceptors (Lipinski definition) is 2. The van der Waals surface area contributed by atoms with Gasteiger partial charge < -0.3 is 4.74 Å². The predicted octanol–water partition coefficient (Wildman–Crippen LogP) is 3.82. The highest BCUT2D eigenvalue weighted by atomic mass is 19.1. The lowest BCUT2D eigenvalue weighted by molar-refractivity contribution is 0.411. The molecule has 0 N–H and O–H groups in total. The molecule has 0 aliphatic carbocycles. The molecule has 0 aliphatic heterocycles. The van der Waals surface area contributed by atoms with Gasteiger partial charge in [-0.25, -0.2) is 8.78 Å². The molecule has 0 aromatic heterocycles. The SMILES string of the molecule is COc1cc(C#N)c(-c2cc(F)cc(F)c2)cc1C. The van der Waals surface area contributed by atoms with Gasteiger partial charge >= 0.3 is 0 Å². The molecular weight excluding hydrogens is 248 g/mol. The summed E-state index contributed by atoms with van der Waals surface area (Å²) in [6.45, 7) is 1.80. The number of benzene rings is 2. The fraction of sp³-hybridized carbons (Fsp3) is 0.133. The first-order valence-corrected chi connectivity index (χ1v) is 5.60. The van der Waals surface area contributed by atoms with Crippen LogP contribution in [0.2, 0.25) is 0 Å². The fourth-order valence-corrected chi connectivity index (χ4v) is 1.95. The lowest BCUT2D eigenvalue weighted by Crippen LogP contribution is -1.93. The first-order valence-electron chi connectivity index (χ1n) is 5.60. The van der Waals surface area contributed by atoms with E-state index in [0.717, 1.165) is 11.6 Å². The van der Waals surface area contributed by atoms with E-state index in [9.17, 15) is 8.78 Å². The molecule has 0 bridgehead atoms. The third-order valence-electron chi connectivity index (χ3n) is 2.83. The zero-order valence-corrected chi connectivity index (χ0v) is 10.5. The van der Waals surface area contributed by atoms with Gasteiger partial charge in [0.25, 0.3) is 0 Å². The summed E-state index contributed by atoms with van der Waals surface area (Å²) in [6, 6.07) is 8.46. The smallest absolute Gasteiger partial charge is 0.126 e. The van der Waals surface area contributed by atoms with E-state index >= 15 is 0 Å². The molecule has 4 heteroatoms. The minimum absolute atomic E-state index is 0.312. The average Bonchev–Trinajstić information content (AvgIpc) is 2.37. The maximum atomic E-state index is 13.2. The number of nitrogens with zero attached hydrogens (tertiary/aromatic N) is 1. The minimum Gasteiger partial charge on any atom is -0.496 e. The monoisotopic (exact) mass is 259 g/mol. The Labute approximate surface area is 109 Å². The third kappa shape index (κ3) is 2.55. The fourth-order valence-electron chi connectivity index (χ4n) is 1.95. The van der Waals surface area contributed by atoms with Gasteiger partial charge in [0.05, 0.1) is 18.7 Å². The normalized spacial score (nSPS) is 10.1. The van der Waals surface area contributed by atoms with Crippen LogP contribution in [0, 0.1) is 29.9 Å². The Morgan fingerprint density at radius 1 is 1.05 bits per heavy atom. The van der Waals surface area contributed by atoms with Crippen LogP contribution in [0.4, 0.5) is 8.78 Å². The number of aryl methyl sites for hydroxylation is 1. The number of hydrogen-bond donors (Lipinski definition) is 0. The Morgan fingerprint density at radius 3 is 2.21 bits per heavy atom. The van der Waals surface area contributed by atoms with E-state index in [1.807, 2.05) is 6.07 Å². The summed E-state index contributed by atoms with van der Waals surface area (Å²) in [6.07, 6.45) is 0. The summed E-state index contributed by atoms with van der Waals surface area (Å²) in [4.78, 5) is 0. The molecule has 0 heterocycles. The Bertz CT molecular complexity index is 654. The van der Waals surface area contributed by atoms with E-state index in [1.165, 1.54) is 19.2 Å². The van der Waals surface area contributed by atoms with Gasteiger partial charge in [-0.1, -0.05) is 0 Å². The van der Waals surface area contributed by atoms with E-state index in [-0.39, 0.29) is 0 Å². The molecule has 2 aromatic rings. The van der Waals surface area contributed by atoms with Crippen LogP contribution < -0.4 is 4.74 Å². The van der Waals surface area contributed by atoms with Crippen LogP contribution in [-0.4, -0.2) is 7.11 Å². The van der Waals surface area contributed by atoms with Crippen molar-refractivity contribution < 1.29 is 13.5 Å². The third-order valence-corrected chi connectivity index (χ3v) is 2.83. The second-order valence-corrected chi connectivity index (χ2v) is 4.14. The Kier molecular flexibility index (Phi) is 3.48. The molecule has 96 valence electrons. The molecular formula is C15H11F2NO. The van der Waals surface area contributed by atoms with Gasteiger partial charge in [-0.3, -0.25) is 0 Å². The van der Waals surface area contributed by atoms with Crippen LogP contribution >= 0.6 is 0 Å². The number of methoxy groups -OCH3 is 1. The molecule has 0 spiro atoms. The van der Waals surface area contributed by atoms with Gasteiger partial charge in [0.2, 0.25) is 0 Å². The molecule has 0 unspecified atom stereocenters. The van der Waals surface area contributed by atoms with Gasteiger partial charge in [0.1, 0.15) is 17.4 Å². The molecule has 19 heavy (non-hydrogen) atoms. The van der Waals surface area contributed by atoms with Crippen LogP contribution in [0.5, 0.6) is 5.75 Å². The van der Waals surface area contributed by atoms with E-state index in [0.29, 0.717) is 22.4 Å². The molecule has 2 nitrogen and oxygen atoms in total. The zero-order chi connectivity index (χ0) is 14.0. The first kappa shape index (κ1) is 13.0. The second-order valence-electron chi connectivity index (χ2n) is 4.14. The summed E-state index contributed by atoms with van der Waals surface area (Å²) in [5, 5.41) is 9.14. The second kappa shape index (κ2) is 5.07. The summed E-state index contributed by atoms with van der Waals surface area (Å²) in [5.74, 6) is -0.781. The lowest BCUT2D eigenvalue weighted by atomic mass is 9.97. The quantitative estimate of drug-likeness (QED) is 0.821. The van der Waals surface area contributed by atoms with Crippen LogP contribution in [0.25, 0.3) is 11.1 Å². The standard InChI is InChI=1S/C15H11F2NO/c1-9-3-14(11(8-18)6-15(9)19-2)10-4-12(16)7-13(17)5-10/h3-7H,1-2H3. The molecule has 0 saturated heterocycles. The van der Waals surface area contributed by atoms with E-state index in [4.69, 9.17) is 10.00 Å². The van der Waals surface area contributed by atoms with Crippen LogP contribution in [0.3, 0.4) is 0 Å². The van der Waals surface area contributed by atoms with Gasteiger partial charge in [-0.05, 0) is 42.3 Å². The van der Waals surface area contributed by atoms with Crippen molar-refractivity contribution >= 4 is 0 Å². The van der Waals surface area contributed by atoms with Crippen LogP contribution in [-0.2, 0) is 0 Å². The summed E-state index contributed by atoms with van der Waals surface area (Å²) in [5.41, 5.74) is 1.92. The van der Waals surface area contributed by atoms with Crippen molar-refractivity contribution in [2.45, 2.75) is 6.92 Å². The maximum Gasteiger partial charge on any atom is 0.126 e. The van der Waals surface area contributed by atoms with E-state index < -0.39 is 11.6 Å². The lowest BCUT2D eigenvalue weighted by Gasteiger charge is -2.10. The Balaban J connectivity index is 2.68. The van der Waals surface area contributed by atoms with Crippen molar-refractivity contribution in [1.82, 2.24) is 0 Å². The highest BCUT2D eigenvalue weighted by Crippen LogP contribution is 2.30. The van der Waals surface area contributed by atoms with Gasteiger partial charge in [0, 0.05) is 11.6 Å². The zero-order valence-electron chi connectivity index (χ0n) is 10.5. The largest absolute Gasteiger partial charge is 0.496 e. The Morgan fingerprint density at radius 2 is 1.68 bits per heavy atom. The molecule has 2 aromatic carbocycles. The van der Waals surface area contributed by atoms with Crippen molar-refractivity contribution in [3.8, 4) is 22.9 Å². The summed E-state index contributed by atoms with van der Waals surface area (Å²) in [7, 11) is 1.50. The molecule has 0 amide bonds. The Hall–Kier alpha value is -2.41. The topological polar surface area (TPSA) is 33.0 Å². The van der Waals surface area contributed by atoms with Crippen molar-refractivity contribution in [3.05, 3.63) is 53.1 Å². The highest BCUT2D eigenvalue weighted by Gasteiger charge is 2.11. The average molecular weight is 259 g/mol. The first-order chi connectivity index (χ1) is 9.05. The van der Waals surface area contributed by atoms with Crippen LogP contribution in [0.15, 0.2) is 30.3 Å². The van der Waals surface area contributed by atoms with Crippen molar-refractivity contribution in [3.63, 3.8) is 0 Å². The number of nitriles is 1. The van der Waals surface area contributed by atoms with Gasteiger partial charge in [0.15, 0.2) is 0 Å². The molecule has 0 atom stereocenters. The van der Waals surface area contributed by atoms with E-state index in [1.54, 1.807) is 19.1 Å². The summed E-state index contributed by atoms with van der Waals surface area (Å²) >= 11 is 0. The molecule has 2 rings (SSSR count). The van der Waals surface area contributed by atoms with Gasteiger partial charge in [-0.2, -0.15) is 5.26 Å². The molecule has 0 fully saturated rings. The predicted molar refractivity (Wildman–Crippen MR) is 67.8 cm³/mol. The van der Waals surface area contributed by atoms with Crippen LogP contribution in [0.1, 0.15) is 11.1 Å². The molecule has 0 aliphatic rings. The summed E-state index contributed by atoms with van der Waals surface area (Å²) < 4.78 is 31.6. The van der Waals surface area contributed by atoms with Crippen molar-refractivity contribution in [1.29, 1.82) is 5.26 Å². The molecule has 0 radical (unpaired) electrons.